The van der Waals surface area contributed by atoms with E-state index in [4.69, 9.17) is 9.47 Å². The Morgan fingerprint density at radius 1 is 0.926 bits per heavy atom. The van der Waals surface area contributed by atoms with Gasteiger partial charge in [-0.2, -0.15) is 0 Å². The van der Waals surface area contributed by atoms with E-state index in [0.29, 0.717) is 28.6 Å². The number of carbonyl (C=O) groups excluding carboxylic acids is 1. The van der Waals surface area contributed by atoms with Gasteiger partial charge in [0, 0.05) is 19.4 Å². The minimum Gasteiger partial charge on any atom is -0.353 e. The number of rotatable bonds is 2. The minimum absolute atomic E-state index is 0.0506. The molecule has 152 valence electrons. The summed E-state index contributed by atoms with van der Waals surface area (Å²) < 4.78 is 12.5. The van der Waals surface area contributed by atoms with Crippen molar-refractivity contribution in [3.8, 4) is 0 Å². The van der Waals surface area contributed by atoms with Crippen LogP contribution in [-0.4, -0.2) is 24.8 Å². The number of ketones is 1. The van der Waals surface area contributed by atoms with Gasteiger partial charge >= 0.3 is 0 Å². The molecular weight excluding hydrogens is 336 g/mol. The van der Waals surface area contributed by atoms with E-state index in [1.807, 2.05) is 0 Å². The maximum absolute atomic E-state index is 12.1. The van der Waals surface area contributed by atoms with Crippen LogP contribution < -0.4 is 0 Å². The molecule has 1 heterocycles. The quantitative estimate of drug-likeness (QED) is 0.639. The Morgan fingerprint density at radius 2 is 1.78 bits per heavy atom. The molecule has 0 aromatic rings. The molecule has 0 aromatic carbocycles. The highest BCUT2D eigenvalue weighted by Crippen LogP contribution is 2.66. The number of fused-ring (bicyclic) bond motifs is 5. The van der Waals surface area contributed by atoms with Gasteiger partial charge in [-0.25, -0.2) is 0 Å². The fraction of sp³-hybridized carbons (Fsp3) is 0.958. The van der Waals surface area contributed by atoms with Gasteiger partial charge in [0.05, 0.1) is 6.10 Å². The molecule has 5 aliphatic rings. The highest BCUT2D eigenvalue weighted by molar-refractivity contribution is 5.79. The smallest absolute Gasteiger partial charge is 0.157 e. The lowest BCUT2D eigenvalue weighted by Gasteiger charge is -2.60. The highest BCUT2D eigenvalue weighted by Gasteiger charge is 2.60. The molecule has 4 aliphatic carbocycles. The van der Waals surface area contributed by atoms with Crippen molar-refractivity contribution in [1.29, 1.82) is 0 Å². The van der Waals surface area contributed by atoms with Gasteiger partial charge in [-0.1, -0.05) is 13.8 Å². The van der Waals surface area contributed by atoms with Gasteiger partial charge in [0.1, 0.15) is 5.78 Å². The number of ether oxygens (including phenoxy) is 2. The Kier molecular flexibility index (Phi) is 4.71. The summed E-state index contributed by atoms with van der Waals surface area (Å²) in [4.78, 5) is 12.1. The van der Waals surface area contributed by atoms with Gasteiger partial charge in [-0.3, -0.25) is 4.79 Å². The SMILES string of the molecule is C[C@]12CCC(=O)C[C@H]1CC[C@@H]1[C@@H]2CC[C@]2(C)[C@H](O[C@@H]3CCCCO3)CC[C@@H]12. The van der Waals surface area contributed by atoms with Gasteiger partial charge in [0.25, 0.3) is 0 Å². The predicted molar refractivity (Wildman–Crippen MR) is 105 cm³/mol. The summed E-state index contributed by atoms with van der Waals surface area (Å²) in [6.45, 7) is 5.95. The van der Waals surface area contributed by atoms with E-state index in [1.54, 1.807) is 0 Å². The zero-order valence-corrected chi connectivity index (χ0v) is 17.4. The fourth-order valence-electron chi connectivity index (χ4n) is 8.22. The van der Waals surface area contributed by atoms with Crippen molar-refractivity contribution in [2.24, 2.45) is 34.5 Å². The Labute approximate surface area is 164 Å². The average molecular weight is 375 g/mol. The van der Waals surface area contributed by atoms with E-state index in [1.165, 1.54) is 51.4 Å². The molecule has 0 N–H and O–H groups in total. The summed E-state index contributed by atoms with van der Waals surface area (Å²) in [6.07, 6.45) is 14.7. The van der Waals surface area contributed by atoms with Crippen LogP contribution >= 0.6 is 0 Å². The van der Waals surface area contributed by atoms with E-state index in [2.05, 4.69) is 13.8 Å². The second-order valence-electron chi connectivity index (χ2n) is 10.9. The molecule has 3 heteroatoms. The van der Waals surface area contributed by atoms with Crippen molar-refractivity contribution in [3.05, 3.63) is 0 Å². The molecule has 0 aromatic heterocycles. The van der Waals surface area contributed by atoms with Crippen LogP contribution in [0.15, 0.2) is 0 Å². The summed E-state index contributed by atoms with van der Waals surface area (Å²) >= 11 is 0. The highest BCUT2D eigenvalue weighted by atomic mass is 16.7. The van der Waals surface area contributed by atoms with Crippen molar-refractivity contribution in [2.45, 2.75) is 103 Å². The molecule has 0 spiro atoms. The maximum atomic E-state index is 12.1. The van der Waals surface area contributed by atoms with Crippen molar-refractivity contribution >= 4 is 5.78 Å². The number of hydrogen-bond donors (Lipinski definition) is 0. The molecule has 27 heavy (non-hydrogen) atoms. The second-order valence-corrected chi connectivity index (χ2v) is 10.9. The van der Waals surface area contributed by atoms with E-state index in [-0.39, 0.29) is 6.29 Å². The third-order valence-electron chi connectivity index (χ3n) is 9.85. The van der Waals surface area contributed by atoms with Crippen LogP contribution in [-0.2, 0) is 14.3 Å². The average Bonchev–Trinajstić information content (AvgIpc) is 3.00. The number of carbonyl (C=O) groups is 1. The molecular formula is C24H38O3. The van der Waals surface area contributed by atoms with Crippen molar-refractivity contribution in [3.63, 3.8) is 0 Å². The zero-order chi connectivity index (χ0) is 18.6. The van der Waals surface area contributed by atoms with Gasteiger partial charge in [-0.15, -0.1) is 0 Å². The third-order valence-corrected chi connectivity index (χ3v) is 9.85. The molecule has 0 amide bonds. The molecule has 0 radical (unpaired) electrons. The van der Waals surface area contributed by atoms with Crippen LogP contribution in [0.2, 0.25) is 0 Å². The first-order valence-corrected chi connectivity index (χ1v) is 11.8. The molecule has 5 fully saturated rings. The van der Waals surface area contributed by atoms with Crippen molar-refractivity contribution < 1.29 is 14.3 Å². The molecule has 0 bridgehead atoms. The molecule has 4 saturated carbocycles. The Balaban J connectivity index is 1.33. The Morgan fingerprint density at radius 3 is 2.59 bits per heavy atom. The summed E-state index contributed by atoms with van der Waals surface area (Å²) in [7, 11) is 0. The van der Waals surface area contributed by atoms with Gasteiger partial charge in [-0.05, 0) is 98.7 Å². The van der Waals surface area contributed by atoms with E-state index in [9.17, 15) is 4.79 Å². The van der Waals surface area contributed by atoms with Crippen molar-refractivity contribution in [1.82, 2.24) is 0 Å². The number of Topliss-reactive ketones (excluding diaryl/α,β-unsaturated/α-hetero) is 1. The normalized spacial score (nSPS) is 52.7. The van der Waals surface area contributed by atoms with Gasteiger partial charge < -0.3 is 9.47 Å². The van der Waals surface area contributed by atoms with Crippen LogP contribution in [0.1, 0.15) is 90.9 Å². The lowest BCUT2D eigenvalue weighted by atomic mass is 9.45. The lowest BCUT2D eigenvalue weighted by molar-refractivity contribution is -0.218. The summed E-state index contributed by atoms with van der Waals surface area (Å²) in [5.74, 6) is 3.71. The van der Waals surface area contributed by atoms with Crippen LogP contribution in [0.3, 0.4) is 0 Å². The van der Waals surface area contributed by atoms with Crippen LogP contribution in [0, 0.1) is 34.5 Å². The first kappa shape index (κ1) is 18.6. The minimum atomic E-state index is 0.0506. The Hall–Kier alpha value is -0.410. The van der Waals surface area contributed by atoms with Crippen LogP contribution in [0.4, 0.5) is 0 Å². The van der Waals surface area contributed by atoms with Crippen LogP contribution in [0.5, 0.6) is 0 Å². The monoisotopic (exact) mass is 374 g/mol. The first-order valence-electron chi connectivity index (χ1n) is 11.8. The largest absolute Gasteiger partial charge is 0.353 e. The third kappa shape index (κ3) is 2.94. The molecule has 8 atom stereocenters. The molecule has 5 rings (SSSR count). The zero-order valence-electron chi connectivity index (χ0n) is 17.4. The number of hydrogen-bond acceptors (Lipinski definition) is 3. The molecule has 3 nitrogen and oxygen atoms in total. The Bertz CT molecular complexity index is 582. The molecule has 0 unspecified atom stereocenters. The standard InChI is InChI=1S/C24H38O3/c1-23-12-10-17(25)15-16(23)6-7-18-19-8-9-21(24(19,2)13-11-20(18)23)27-22-5-3-4-14-26-22/h16,18-22H,3-15H2,1-2H3/t16-,18+,19+,20+,21-,22-,23+,24+/m1/s1. The van der Waals surface area contributed by atoms with Crippen molar-refractivity contribution in [2.75, 3.05) is 6.61 Å². The second kappa shape index (κ2) is 6.83. The van der Waals surface area contributed by atoms with E-state index in [0.717, 1.165) is 50.0 Å². The summed E-state index contributed by atoms with van der Waals surface area (Å²) in [6, 6.07) is 0. The van der Waals surface area contributed by atoms with E-state index >= 15 is 0 Å². The topological polar surface area (TPSA) is 35.5 Å². The molecule has 1 saturated heterocycles. The fourth-order valence-corrected chi connectivity index (χ4v) is 8.22. The summed E-state index contributed by atoms with van der Waals surface area (Å²) in [5.41, 5.74) is 0.763. The molecule has 1 aliphatic heterocycles. The predicted octanol–water partition coefficient (Wildman–Crippen LogP) is 5.51. The van der Waals surface area contributed by atoms with Gasteiger partial charge in [0.2, 0.25) is 0 Å². The first-order chi connectivity index (χ1) is 13.0. The summed E-state index contributed by atoms with van der Waals surface area (Å²) in [5, 5.41) is 0. The maximum Gasteiger partial charge on any atom is 0.157 e. The lowest BCUT2D eigenvalue weighted by Crippen LogP contribution is -2.54. The van der Waals surface area contributed by atoms with E-state index < -0.39 is 0 Å². The van der Waals surface area contributed by atoms with Crippen LogP contribution in [0.25, 0.3) is 0 Å². The van der Waals surface area contributed by atoms with Gasteiger partial charge in [0.15, 0.2) is 6.29 Å².